The van der Waals surface area contributed by atoms with Crippen LogP contribution in [0.3, 0.4) is 0 Å². The Morgan fingerprint density at radius 2 is 1.76 bits per heavy atom. The van der Waals surface area contributed by atoms with E-state index in [1.807, 2.05) is 0 Å². The maximum atomic E-state index is 5.92. The van der Waals surface area contributed by atoms with E-state index < -0.39 is 0 Å². The Morgan fingerprint density at radius 1 is 1.06 bits per heavy atom. The Balaban J connectivity index is 2.05. The summed E-state index contributed by atoms with van der Waals surface area (Å²) in [4.78, 5) is 0. The van der Waals surface area contributed by atoms with E-state index in [1.54, 1.807) is 0 Å². The SMILES string of the molecule is CCCCCCCC1CCC(OC(C)(C)C)O1. The zero-order valence-corrected chi connectivity index (χ0v) is 12.1. The molecule has 0 radical (unpaired) electrons. The van der Waals surface area contributed by atoms with Crippen LogP contribution in [0.4, 0.5) is 0 Å². The van der Waals surface area contributed by atoms with E-state index in [4.69, 9.17) is 9.47 Å². The molecule has 0 spiro atoms. The van der Waals surface area contributed by atoms with Crippen molar-refractivity contribution < 1.29 is 9.47 Å². The van der Waals surface area contributed by atoms with Gasteiger partial charge in [0.25, 0.3) is 0 Å². The minimum absolute atomic E-state index is 0.0376. The van der Waals surface area contributed by atoms with E-state index in [0.717, 1.165) is 6.42 Å². The van der Waals surface area contributed by atoms with Crippen molar-refractivity contribution in [3.63, 3.8) is 0 Å². The van der Waals surface area contributed by atoms with Crippen molar-refractivity contribution in [2.75, 3.05) is 0 Å². The third-order valence-corrected chi connectivity index (χ3v) is 3.18. The van der Waals surface area contributed by atoms with Gasteiger partial charge in [0.15, 0.2) is 6.29 Å². The Kier molecular flexibility index (Phi) is 6.50. The summed E-state index contributed by atoms with van der Waals surface area (Å²) in [6, 6.07) is 0. The maximum Gasteiger partial charge on any atom is 0.158 e. The van der Waals surface area contributed by atoms with Crippen LogP contribution in [0.15, 0.2) is 0 Å². The highest BCUT2D eigenvalue weighted by Gasteiger charge is 2.28. The van der Waals surface area contributed by atoms with Crippen molar-refractivity contribution in [3.05, 3.63) is 0 Å². The average molecular weight is 242 g/mol. The fourth-order valence-corrected chi connectivity index (χ4v) is 2.34. The van der Waals surface area contributed by atoms with Crippen LogP contribution in [0, 0.1) is 0 Å². The predicted octanol–water partition coefficient (Wildman–Crippen LogP) is 4.67. The molecule has 2 heteroatoms. The molecule has 1 heterocycles. The molecule has 0 saturated carbocycles. The van der Waals surface area contributed by atoms with Crippen LogP contribution >= 0.6 is 0 Å². The molecule has 2 unspecified atom stereocenters. The standard InChI is InChI=1S/C15H30O2/c1-5-6-7-8-9-10-13-11-12-14(16-13)17-15(2,3)4/h13-14H,5-12H2,1-4H3. The fraction of sp³-hybridized carbons (Fsp3) is 1.00. The van der Waals surface area contributed by atoms with Crippen LogP contribution in [0.5, 0.6) is 0 Å². The molecule has 17 heavy (non-hydrogen) atoms. The molecule has 0 aromatic rings. The van der Waals surface area contributed by atoms with Crippen molar-refractivity contribution in [1.29, 1.82) is 0 Å². The molecule has 1 aliphatic rings. The van der Waals surface area contributed by atoms with Crippen molar-refractivity contribution in [3.8, 4) is 0 Å². The Bertz CT molecular complexity index is 196. The highest BCUT2D eigenvalue weighted by Crippen LogP contribution is 2.27. The van der Waals surface area contributed by atoms with Crippen LogP contribution in [0.25, 0.3) is 0 Å². The molecule has 2 atom stereocenters. The van der Waals surface area contributed by atoms with E-state index in [0.29, 0.717) is 6.10 Å². The lowest BCUT2D eigenvalue weighted by Crippen LogP contribution is -2.27. The van der Waals surface area contributed by atoms with Crippen molar-refractivity contribution >= 4 is 0 Å². The molecule has 0 bridgehead atoms. The van der Waals surface area contributed by atoms with E-state index in [-0.39, 0.29) is 11.9 Å². The van der Waals surface area contributed by atoms with Gasteiger partial charge < -0.3 is 9.47 Å². The molecular weight excluding hydrogens is 212 g/mol. The van der Waals surface area contributed by atoms with Crippen molar-refractivity contribution in [2.45, 2.75) is 97.1 Å². The number of unbranched alkanes of at least 4 members (excludes halogenated alkanes) is 4. The summed E-state index contributed by atoms with van der Waals surface area (Å²) in [7, 11) is 0. The minimum atomic E-state index is -0.0827. The molecule has 0 aromatic heterocycles. The molecule has 0 N–H and O–H groups in total. The lowest BCUT2D eigenvalue weighted by molar-refractivity contribution is -0.187. The second kappa shape index (κ2) is 7.38. The normalized spacial score (nSPS) is 25.4. The van der Waals surface area contributed by atoms with Crippen LogP contribution < -0.4 is 0 Å². The fourth-order valence-electron chi connectivity index (χ4n) is 2.34. The highest BCUT2D eigenvalue weighted by atomic mass is 16.7. The molecule has 102 valence electrons. The number of rotatable bonds is 7. The molecular formula is C15H30O2. The third-order valence-electron chi connectivity index (χ3n) is 3.18. The van der Waals surface area contributed by atoms with E-state index in [1.165, 1.54) is 44.9 Å². The lowest BCUT2D eigenvalue weighted by atomic mass is 10.1. The third kappa shape index (κ3) is 7.05. The van der Waals surface area contributed by atoms with E-state index in [2.05, 4.69) is 27.7 Å². The number of hydrogen-bond donors (Lipinski definition) is 0. The number of ether oxygens (including phenoxy) is 2. The second-order valence-corrected chi connectivity index (χ2v) is 6.20. The Hall–Kier alpha value is -0.0800. The Morgan fingerprint density at radius 3 is 2.41 bits per heavy atom. The monoisotopic (exact) mass is 242 g/mol. The summed E-state index contributed by atoms with van der Waals surface area (Å²) in [5.74, 6) is 0. The summed E-state index contributed by atoms with van der Waals surface area (Å²) < 4.78 is 11.8. The van der Waals surface area contributed by atoms with Gasteiger partial charge in [-0.05, 0) is 33.6 Å². The summed E-state index contributed by atoms with van der Waals surface area (Å²) in [5, 5.41) is 0. The zero-order valence-electron chi connectivity index (χ0n) is 12.1. The topological polar surface area (TPSA) is 18.5 Å². The van der Waals surface area contributed by atoms with Gasteiger partial charge in [-0.2, -0.15) is 0 Å². The first-order valence-electron chi connectivity index (χ1n) is 7.34. The molecule has 0 amide bonds. The van der Waals surface area contributed by atoms with Crippen LogP contribution in [-0.2, 0) is 9.47 Å². The van der Waals surface area contributed by atoms with E-state index >= 15 is 0 Å². The van der Waals surface area contributed by atoms with Gasteiger partial charge in [-0.25, -0.2) is 0 Å². The van der Waals surface area contributed by atoms with E-state index in [9.17, 15) is 0 Å². The van der Waals surface area contributed by atoms with Gasteiger partial charge in [-0.1, -0.05) is 39.0 Å². The van der Waals surface area contributed by atoms with Gasteiger partial charge in [0.1, 0.15) is 0 Å². The van der Waals surface area contributed by atoms with Gasteiger partial charge in [0.2, 0.25) is 0 Å². The maximum absolute atomic E-state index is 5.92. The van der Waals surface area contributed by atoms with Gasteiger partial charge in [-0.15, -0.1) is 0 Å². The molecule has 2 nitrogen and oxygen atoms in total. The first kappa shape index (κ1) is 15.0. The molecule has 0 aliphatic carbocycles. The van der Waals surface area contributed by atoms with Gasteiger partial charge in [0.05, 0.1) is 11.7 Å². The molecule has 0 aromatic carbocycles. The van der Waals surface area contributed by atoms with Crippen LogP contribution in [0.2, 0.25) is 0 Å². The van der Waals surface area contributed by atoms with Gasteiger partial charge in [-0.3, -0.25) is 0 Å². The summed E-state index contributed by atoms with van der Waals surface area (Å²) in [6.07, 6.45) is 10.7. The minimum Gasteiger partial charge on any atom is -0.349 e. The smallest absolute Gasteiger partial charge is 0.158 e. The first-order chi connectivity index (χ1) is 8.01. The molecule has 1 rings (SSSR count). The largest absolute Gasteiger partial charge is 0.349 e. The number of hydrogen-bond acceptors (Lipinski definition) is 2. The first-order valence-corrected chi connectivity index (χ1v) is 7.34. The quantitative estimate of drug-likeness (QED) is 0.604. The Labute approximate surface area is 107 Å². The van der Waals surface area contributed by atoms with Crippen molar-refractivity contribution in [1.82, 2.24) is 0 Å². The van der Waals surface area contributed by atoms with Crippen LogP contribution in [0.1, 0.15) is 79.1 Å². The second-order valence-electron chi connectivity index (χ2n) is 6.20. The zero-order chi connectivity index (χ0) is 12.7. The predicted molar refractivity (Wildman–Crippen MR) is 72.1 cm³/mol. The van der Waals surface area contributed by atoms with Gasteiger partial charge >= 0.3 is 0 Å². The summed E-state index contributed by atoms with van der Waals surface area (Å²) in [6.45, 7) is 8.53. The van der Waals surface area contributed by atoms with Gasteiger partial charge in [0, 0.05) is 6.42 Å². The summed E-state index contributed by atoms with van der Waals surface area (Å²) >= 11 is 0. The lowest BCUT2D eigenvalue weighted by Gasteiger charge is -2.24. The molecule has 1 fully saturated rings. The van der Waals surface area contributed by atoms with Crippen LogP contribution in [-0.4, -0.2) is 18.0 Å². The highest BCUT2D eigenvalue weighted by molar-refractivity contribution is 4.71. The average Bonchev–Trinajstić information content (AvgIpc) is 2.63. The van der Waals surface area contributed by atoms with Crippen molar-refractivity contribution in [2.24, 2.45) is 0 Å². The molecule has 1 saturated heterocycles. The summed E-state index contributed by atoms with van der Waals surface area (Å²) in [5.41, 5.74) is -0.0827. The molecule has 1 aliphatic heterocycles.